The van der Waals surface area contributed by atoms with Gasteiger partial charge in [0.15, 0.2) is 0 Å². The van der Waals surface area contributed by atoms with Gasteiger partial charge in [-0.1, -0.05) is 42.5 Å². The third-order valence-corrected chi connectivity index (χ3v) is 5.07. The molecule has 0 bridgehead atoms. The molecule has 7 heteroatoms. The third-order valence-electron chi connectivity index (χ3n) is 5.07. The molecule has 35 heavy (non-hydrogen) atoms. The molecule has 0 aliphatic carbocycles. The predicted octanol–water partition coefficient (Wildman–Crippen LogP) is 4.54. The van der Waals surface area contributed by atoms with Gasteiger partial charge in [-0.25, -0.2) is 0 Å². The molecule has 0 heterocycles. The van der Waals surface area contributed by atoms with Gasteiger partial charge >= 0.3 is 0 Å². The van der Waals surface area contributed by atoms with E-state index < -0.39 is 0 Å². The van der Waals surface area contributed by atoms with Gasteiger partial charge in [-0.05, 0) is 62.7 Å². The van der Waals surface area contributed by atoms with Crippen molar-refractivity contribution >= 4 is 29.1 Å². The smallest absolute Gasteiger partial charge is 0.253 e. The van der Waals surface area contributed by atoms with Gasteiger partial charge in [0.1, 0.15) is 0 Å². The monoisotopic (exact) mass is 472 g/mol. The number of nitrogens with zero attached hydrogens (tertiary/aromatic N) is 1. The molecule has 3 aromatic rings. The first kappa shape index (κ1) is 25.5. The summed E-state index contributed by atoms with van der Waals surface area (Å²) < 4.78 is 0. The molecule has 0 atom stereocenters. The fraction of sp³-hybridized carbons (Fsp3) is 0.250. The molecule has 3 amide bonds. The summed E-state index contributed by atoms with van der Waals surface area (Å²) in [5.41, 5.74) is 2.90. The largest absolute Gasteiger partial charge is 0.376 e. The number of hydrogen-bond donors (Lipinski definition) is 3. The van der Waals surface area contributed by atoms with Crippen LogP contribution in [0.2, 0.25) is 0 Å². The predicted molar refractivity (Wildman–Crippen MR) is 139 cm³/mol. The maximum Gasteiger partial charge on any atom is 0.253 e. The van der Waals surface area contributed by atoms with Crippen molar-refractivity contribution in [2.75, 3.05) is 24.2 Å². The fourth-order valence-electron chi connectivity index (χ4n) is 3.45. The number of rotatable bonds is 8. The normalized spacial score (nSPS) is 10.9. The molecular formula is C28H32N4O3. The average molecular weight is 473 g/mol. The van der Waals surface area contributed by atoms with Gasteiger partial charge in [0.05, 0.1) is 6.54 Å². The Balaban J connectivity index is 1.56. The molecule has 3 aromatic carbocycles. The van der Waals surface area contributed by atoms with E-state index in [2.05, 4.69) is 16.0 Å². The molecule has 0 aromatic heterocycles. The first-order valence-electron chi connectivity index (χ1n) is 11.5. The molecule has 0 aliphatic heterocycles. The van der Waals surface area contributed by atoms with Crippen LogP contribution in [0, 0.1) is 0 Å². The molecule has 182 valence electrons. The van der Waals surface area contributed by atoms with E-state index in [0.29, 0.717) is 29.0 Å². The van der Waals surface area contributed by atoms with Crippen molar-refractivity contribution in [3.05, 3.63) is 95.6 Å². The molecule has 0 fully saturated rings. The Morgan fingerprint density at radius 3 is 2.11 bits per heavy atom. The van der Waals surface area contributed by atoms with Crippen molar-refractivity contribution in [3.63, 3.8) is 0 Å². The molecule has 0 aliphatic rings. The zero-order chi connectivity index (χ0) is 25.4. The van der Waals surface area contributed by atoms with Crippen LogP contribution < -0.4 is 16.0 Å². The third kappa shape index (κ3) is 7.99. The van der Waals surface area contributed by atoms with E-state index in [0.717, 1.165) is 5.56 Å². The van der Waals surface area contributed by atoms with Crippen LogP contribution in [0.3, 0.4) is 0 Å². The molecule has 0 radical (unpaired) electrons. The van der Waals surface area contributed by atoms with Crippen molar-refractivity contribution in [1.29, 1.82) is 0 Å². The Labute approximate surface area is 206 Å². The minimum Gasteiger partial charge on any atom is -0.376 e. The lowest BCUT2D eigenvalue weighted by molar-refractivity contribution is -0.114. The van der Waals surface area contributed by atoms with E-state index in [1.807, 2.05) is 51.1 Å². The lowest BCUT2D eigenvalue weighted by atomic mass is 10.1. The van der Waals surface area contributed by atoms with Crippen LogP contribution in [0.5, 0.6) is 0 Å². The number of hydrogen-bond acceptors (Lipinski definition) is 4. The van der Waals surface area contributed by atoms with Crippen LogP contribution in [0.25, 0.3) is 0 Å². The topological polar surface area (TPSA) is 90.5 Å². The highest BCUT2D eigenvalue weighted by molar-refractivity contribution is 5.98. The molecule has 0 saturated heterocycles. The second-order valence-electron chi connectivity index (χ2n) is 9.41. The first-order valence-corrected chi connectivity index (χ1v) is 11.5. The number of benzene rings is 3. The average Bonchev–Trinajstić information content (AvgIpc) is 2.82. The van der Waals surface area contributed by atoms with Gasteiger partial charge in [-0.15, -0.1) is 0 Å². The van der Waals surface area contributed by atoms with E-state index in [1.54, 1.807) is 60.5 Å². The van der Waals surface area contributed by atoms with Crippen LogP contribution in [-0.4, -0.2) is 41.8 Å². The molecule has 3 N–H and O–H groups in total. The van der Waals surface area contributed by atoms with E-state index in [9.17, 15) is 14.4 Å². The van der Waals surface area contributed by atoms with Crippen LogP contribution in [0.15, 0.2) is 78.9 Å². The first-order chi connectivity index (χ1) is 16.6. The van der Waals surface area contributed by atoms with E-state index in [-0.39, 0.29) is 29.8 Å². The number of anilines is 2. The minimum absolute atomic E-state index is 0.0103. The van der Waals surface area contributed by atoms with Crippen LogP contribution in [-0.2, 0) is 11.3 Å². The summed E-state index contributed by atoms with van der Waals surface area (Å²) in [4.78, 5) is 39.4. The molecule has 3 rings (SSSR count). The van der Waals surface area contributed by atoms with Gasteiger partial charge in [0.2, 0.25) is 5.91 Å². The van der Waals surface area contributed by atoms with Crippen molar-refractivity contribution < 1.29 is 14.4 Å². The maximum absolute atomic E-state index is 12.8. The van der Waals surface area contributed by atoms with Gasteiger partial charge < -0.3 is 20.9 Å². The maximum atomic E-state index is 12.8. The summed E-state index contributed by atoms with van der Waals surface area (Å²) in [6, 6.07) is 23.6. The van der Waals surface area contributed by atoms with E-state index >= 15 is 0 Å². The lowest BCUT2D eigenvalue weighted by Gasteiger charge is -2.20. The Hall–Kier alpha value is -4.13. The molecule has 0 unspecified atom stereocenters. The Bertz CT molecular complexity index is 1190. The van der Waals surface area contributed by atoms with Gasteiger partial charge in [0, 0.05) is 41.6 Å². The second-order valence-corrected chi connectivity index (χ2v) is 9.41. The standard InChI is InChI=1S/C28H32N4O3/c1-28(2,3)31-26(34)21-12-8-14-23(16-21)29-18-25(33)30-24-15-9-13-22(17-24)27(35)32(4)19-20-10-6-5-7-11-20/h5-17,29H,18-19H2,1-4H3,(H,30,33)(H,31,34). The van der Waals surface area contributed by atoms with Crippen molar-refractivity contribution in [2.45, 2.75) is 32.9 Å². The van der Waals surface area contributed by atoms with Crippen LogP contribution >= 0.6 is 0 Å². The highest BCUT2D eigenvalue weighted by Gasteiger charge is 2.16. The molecule has 7 nitrogen and oxygen atoms in total. The quantitative estimate of drug-likeness (QED) is 0.449. The Kier molecular flexibility index (Phi) is 8.25. The molecular weight excluding hydrogens is 440 g/mol. The van der Waals surface area contributed by atoms with Crippen LogP contribution in [0.1, 0.15) is 47.1 Å². The second kappa shape index (κ2) is 11.3. The number of amides is 3. The van der Waals surface area contributed by atoms with Crippen molar-refractivity contribution in [1.82, 2.24) is 10.2 Å². The number of carbonyl (C=O) groups is 3. The van der Waals surface area contributed by atoms with E-state index in [1.165, 1.54) is 0 Å². The summed E-state index contributed by atoms with van der Waals surface area (Å²) in [5.74, 6) is -0.575. The Morgan fingerprint density at radius 2 is 1.43 bits per heavy atom. The summed E-state index contributed by atoms with van der Waals surface area (Å²) in [5, 5.41) is 8.77. The molecule has 0 spiro atoms. The van der Waals surface area contributed by atoms with Gasteiger partial charge in [-0.3, -0.25) is 14.4 Å². The molecule has 0 saturated carbocycles. The highest BCUT2D eigenvalue weighted by atomic mass is 16.2. The van der Waals surface area contributed by atoms with Crippen LogP contribution in [0.4, 0.5) is 11.4 Å². The van der Waals surface area contributed by atoms with Gasteiger partial charge in [-0.2, -0.15) is 0 Å². The van der Waals surface area contributed by atoms with Gasteiger partial charge in [0.25, 0.3) is 11.8 Å². The minimum atomic E-state index is -0.341. The summed E-state index contributed by atoms with van der Waals surface area (Å²) >= 11 is 0. The van der Waals surface area contributed by atoms with E-state index in [4.69, 9.17) is 0 Å². The number of nitrogens with one attached hydrogen (secondary N) is 3. The summed E-state index contributed by atoms with van der Waals surface area (Å²) in [6.07, 6.45) is 0. The fourth-order valence-corrected chi connectivity index (χ4v) is 3.45. The summed E-state index contributed by atoms with van der Waals surface area (Å²) in [6.45, 7) is 6.26. The lowest BCUT2D eigenvalue weighted by Crippen LogP contribution is -2.40. The number of carbonyl (C=O) groups excluding carboxylic acids is 3. The Morgan fingerprint density at radius 1 is 0.800 bits per heavy atom. The van der Waals surface area contributed by atoms with Crippen molar-refractivity contribution in [2.24, 2.45) is 0 Å². The zero-order valence-electron chi connectivity index (χ0n) is 20.6. The SMILES string of the molecule is CN(Cc1ccccc1)C(=O)c1cccc(NC(=O)CNc2cccc(C(=O)NC(C)(C)C)c2)c1. The zero-order valence-corrected chi connectivity index (χ0v) is 20.6. The summed E-state index contributed by atoms with van der Waals surface area (Å²) in [7, 11) is 1.75. The van der Waals surface area contributed by atoms with Crippen molar-refractivity contribution in [3.8, 4) is 0 Å². The highest BCUT2D eigenvalue weighted by Crippen LogP contribution is 2.15.